The average molecular weight is 310 g/mol. The van der Waals surface area contributed by atoms with E-state index < -0.39 is 0 Å². The molecule has 0 bridgehead atoms. The minimum Gasteiger partial charge on any atom is -0.316 e. The molecule has 1 aliphatic rings. The minimum absolute atomic E-state index is 0.846. The molecule has 5 atom stereocenters. The van der Waals surface area contributed by atoms with Gasteiger partial charge in [0.15, 0.2) is 0 Å². The first-order valence-corrected chi connectivity index (χ1v) is 10.2. The van der Waals surface area contributed by atoms with Gasteiger partial charge in [-0.05, 0) is 67.9 Å². The Hall–Kier alpha value is -0.0400. The van der Waals surface area contributed by atoms with Gasteiger partial charge in [-0.15, -0.1) is 0 Å². The summed E-state index contributed by atoms with van der Waals surface area (Å²) in [4.78, 5) is 0. The lowest BCUT2D eigenvalue weighted by molar-refractivity contribution is 0.148. The van der Waals surface area contributed by atoms with E-state index in [0.717, 1.165) is 35.5 Å². The third-order valence-electron chi connectivity index (χ3n) is 6.11. The topological polar surface area (TPSA) is 12.0 Å². The van der Waals surface area contributed by atoms with Crippen LogP contribution in [-0.2, 0) is 0 Å². The molecular formula is C21H43N. The third-order valence-corrected chi connectivity index (χ3v) is 6.11. The number of hydrogen-bond acceptors (Lipinski definition) is 1. The molecule has 0 amide bonds. The van der Waals surface area contributed by atoms with Crippen LogP contribution < -0.4 is 5.32 Å². The van der Waals surface area contributed by atoms with Crippen molar-refractivity contribution in [1.82, 2.24) is 5.32 Å². The van der Waals surface area contributed by atoms with E-state index >= 15 is 0 Å². The largest absolute Gasteiger partial charge is 0.316 e. The summed E-state index contributed by atoms with van der Waals surface area (Å²) in [5, 5.41) is 3.77. The van der Waals surface area contributed by atoms with Gasteiger partial charge >= 0.3 is 0 Å². The predicted molar refractivity (Wildman–Crippen MR) is 100 cm³/mol. The number of rotatable bonds is 11. The van der Waals surface area contributed by atoms with E-state index in [0.29, 0.717) is 0 Å². The Morgan fingerprint density at radius 3 is 2.36 bits per heavy atom. The summed E-state index contributed by atoms with van der Waals surface area (Å²) in [7, 11) is 0. The van der Waals surface area contributed by atoms with Gasteiger partial charge in [0, 0.05) is 0 Å². The lowest BCUT2D eigenvalue weighted by atomic mass is 9.72. The predicted octanol–water partition coefficient (Wildman–Crippen LogP) is 6.14. The second-order valence-corrected chi connectivity index (χ2v) is 8.48. The molecule has 0 aromatic heterocycles. The van der Waals surface area contributed by atoms with Crippen molar-refractivity contribution >= 4 is 0 Å². The van der Waals surface area contributed by atoms with Gasteiger partial charge in [-0.2, -0.15) is 0 Å². The van der Waals surface area contributed by atoms with Gasteiger partial charge in [-0.3, -0.25) is 0 Å². The lowest BCUT2D eigenvalue weighted by Gasteiger charge is -2.35. The molecular weight excluding hydrogens is 266 g/mol. The van der Waals surface area contributed by atoms with Crippen molar-refractivity contribution in [2.24, 2.45) is 35.5 Å². The highest BCUT2D eigenvalue weighted by Crippen LogP contribution is 2.47. The molecule has 1 rings (SSSR count). The first-order valence-electron chi connectivity index (χ1n) is 10.2. The SMILES string of the molecule is CCCCCNCC(CC)C1C(C)CCC1C(C)CC(C)C. The van der Waals surface area contributed by atoms with E-state index in [2.05, 4.69) is 46.9 Å². The van der Waals surface area contributed by atoms with Crippen molar-refractivity contribution in [3.05, 3.63) is 0 Å². The van der Waals surface area contributed by atoms with Gasteiger partial charge in [-0.1, -0.05) is 67.2 Å². The van der Waals surface area contributed by atoms with Crippen molar-refractivity contribution in [1.29, 1.82) is 0 Å². The van der Waals surface area contributed by atoms with Crippen molar-refractivity contribution in [2.75, 3.05) is 13.1 Å². The molecule has 0 saturated heterocycles. The van der Waals surface area contributed by atoms with E-state index in [1.165, 1.54) is 58.0 Å². The number of unbranched alkanes of at least 4 members (excludes halogenated alkanes) is 2. The Morgan fingerprint density at radius 1 is 1.05 bits per heavy atom. The molecule has 0 aromatic rings. The molecule has 132 valence electrons. The van der Waals surface area contributed by atoms with Gasteiger partial charge < -0.3 is 5.32 Å². The van der Waals surface area contributed by atoms with Crippen LogP contribution in [0.4, 0.5) is 0 Å². The molecule has 0 aliphatic heterocycles. The molecule has 1 nitrogen and oxygen atoms in total. The third kappa shape index (κ3) is 6.22. The van der Waals surface area contributed by atoms with Crippen LogP contribution in [0.2, 0.25) is 0 Å². The standard InChI is InChI=1S/C21H43N/c1-7-9-10-13-22-15-19(8-2)21-17(5)11-12-20(21)18(6)14-16(3)4/h16-22H,7-15H2,1-6H3. The molecule has 1 N–H and O–H groups in total. The highest BCUT2D eigenvalue weighted by Gasteiger charge is 2.40. The van der Waals surface area contributed by atoms with E-state index in [-0.39, 0.29) is 0 Å². The number of hydrogen-bond donors (Lipinski definition) is 1. The maximum absolute atomic E-state index is 3.77. The molecule has 1 aliphatic carbocycles. The summed E-state index contributed by atoms with van der Waals surface area (Å²) in [6, 6.07) is 0. The van der Waals surface area contributed by atoms with Gasteiger partial charge in [0.1, 0.15) is 0 Å². The van der Waals surface area contributed by atoms with Gasteiger partial charge in [0.2, 0.25) is 0 Å². The highest BCUT2D eigenvalue weighted by molar-refractivity contribution is 4.90. The second kappa shape index (κ2) is 10.7. The Morgan fingerprint density at radius 2 is 1.77 bits per heavy atom. The zero-order valence-electron chi connectivity index (χ0n) is 16.3. The fourth-order valence-corrected chi connectivity index (χ4v) is 5.00. The Balaban J connectivity index is 2.54. The Kier molecular flexibility index (Phi) is 9.71. The summed E-state index contributed by atoms with van der Waals surface area (Å²) in [5.41, 5.74) is 0. The summed E-state index contributed by atoms with van der Waals surface area (Å²) < 4.78 is 0. The van der Waals surface area contributed by atoms with Crippen molar-refractivity contribution in [3.8, 4) is 0 Å². The normalized spacial score (nSPS) is 28.2. The zero-order valence-corrected chi connectivity index (χ0v) is 16.3. The molecule has 0 radical (unpaired) electrons. The van der Waals surface area contributed by atoms with Crippen LogP contribution in [0.1, 0.15) is 86.5 Å². The Bertz CT molecular complexity index is 273. The van der Waals surface area contributed by atoms with Crippen LogP contribution in [0, 0.1) is 35.5 Å². The Labute approximate surface area is 141 Å². The zero-order chi connectivity index (χ0) is 16.5. The molecule has 0 heterocycles. The van der Waals surface area contributed by atoms with E-state index in [9.17, 15) is 0 Å². The monoisotopic (exact) mass is 309 g/mol. The molecule has 22 heavy (non-hydrogen) atoms. The van der Waals surface area contributed by atoms with Gasteiger partial charge in [0.25, 0.3) is 0 Å². The summed E-state index contributed by atoms with van der Waals surface area (Å²) in [5.74, 6) is 5.50. The van der Waals surface area contributed by atoms with Crippen molar-refractivity contribution in [3.63, 3.8) is 0 Å². The fourth-order valence-electron chi connectivity index (χ4n) is 5.00. The smallest absolute Gasteiger partial charge is 0.00178 e. The van der Waals surface area contributed by atoms with Gasteiger partial charge in [0.05, 0.1) is 0 Å². The summed E-state index contributed by atoms with van der Waals surface area (Å²) >= 11 is 0. The van der Waals surface area contributed by atoms with E-state index in [1.807, 2.05) is 0 Å². The second-order valence-electron chi connectivity index (χ2n) is 8.48. The summed E-state index contributed by atoms with van der Waals surface area (Å²) in [6.45, 7) is 17.0. The van der Waals surface area contributed by atoms with Crippen LogP contribution in [0.15, 0.2) is 0 Å². The molecule has 0 aromatic carbocycles. The maximum atomic E-state index is 3.77. The van der Waals surface area contributed by atoms with E-state index in [1.54, 1.807) is 0 Å². The average Bonchev–Trinajstić information content (AvgIpc) is 2.84. The molecule has 5 unspecified atom stereocenters. The van der Waals surface area contributed by atoms with Crippen LogP contribution in [0.25, 0.3) is 0 Å². The maximum Gasteiger partial charge on any atom is -0.00178 e. The first-order chi connectivity index (χ1) is 10.5. The minimum atomic E-state index is 0.846. The molecule has 1 heteroatoms. The summed E-state index contributed by atoms with van der Waals surface area (Å²) in [6.07, 6.45) is 9.75. The van der Waals surface area contributed by atoms with Crippen LogP contribution in [-0.4, -0.2) is 13.1 Å². The number of nitrogens with one attached hydrogen (secondary N) is 1. The highest BCUT2D eigenvalue weighted by atomic mass is 14.9. The van der Waals surface area contributed by atoms with Crippen LogP contribution >= 0.6 is 0 Å². The molecule has 1 fully saturated rings. The van der Waals surface area contributed by atoms with Crippen LogP contribution in [0.3, 0.4) is 0 Å². The molecule has 0 spiro atoms. The first kappa shape index (κ1) is 20.0. The lowest BCUT2D eigenvalue weighted by Crippen LogP contribution is -2.34. The van der Waals surface area contributed by atoms with Crippen molar-refractivity contribution < 1.29 is 0 Å². The van der Waals surface area contributed by atoms with Crippen LogP contribution in [0.5, 0.6) is 0 Å². The quantitative estimate of drug-likeness (QED) is 0.452. The van der Waals surface area contributed by atoms with Crippen molar-refractivity contribution in [2.45, 2.75) is 86.5 Å². The fraction of sp³-hybridized carbons (Fsp3) is 1.00. The molecule has 1 saturated carbocycles. The van der Waals surface area contributed by atoms with E-state index in [4.69, 9.17) is 0 Å². The van der Waals surface area contributed by atoms with Gasteiger partial charge in [-0.25, -0.2) is 0 Å².